The van der Waals surface area contributed by atoms with E-state index in [1.807, 2.05) is 45.8 Å². The third kappa shape index (κ3) is 3.32. The summed E-state index contributed by atoms with van der Waals surface area (Å²) in [6.07, 6.45) is 1.78. The van der Waals surface area contributed by atoms with Crippen molar-refractivity contribution in [2.24, 2.45) is 0 Å². The molecule has 1 heterocycles. The van der Waals surface area contributed by atoms with Crippen molar-refractivity contribution >= 4 is 11.5 Å². The molecule has 1 rings (SSSR count). The summed E-state index contributed by atoms with van der Waals surface area (Å²) in [5.74, 6) is 0.896. The minimum Gasteiger partial charge on any atom is -0.398 e. The van der Waals surface area contributed by atoms with Crippen molar-refractivity contribution in [2.75, 3.05) is 24.7 Å². The van der Waals surface area contributed by atoms with Gasteiger partial charge in [-0.3, -0.25) is 0 Å². The molecule has 0 saturated carbocycles. The average Bonchev–Trinajstić information content (AvgIpc) is 2.13. The molecule has 74 valence electrons. The van der Waals surface area contributed by atoms with Gasteiger partial charge in [0, 0.05) is 32.0 Å². The first kappa shape index (κ1) is 11.8. The molecule has 3 heteroatoms. The van der Waals surface area contributed by atoms with Gasteiger partial charge in [-0.1, -0.05) is 13.8 Å². The molecule has 2 N–H and O–H groups in total. The molecule has 0 amide bonds. The van der Waals surface area contributed by atoms with E-state index in [1.165, 1.54) is 0 Å². The van der Waals surface area contributed by atoms with E-state index in [0.29, 0.717) is 0 Å². The van der Waals surface area contributed by atoms with E-state index in [4.69, 9.17) is 5.73 Å². The van der Waals surface area contributed by atoms with Gasteiger partial charge in [-0.05, 0) is 12.5 Å². The van der Waals surface area contributed by atoms with Crippen molar-refractivity contribution in [3.8, 4) is 0 Å². The molecule has 0 radical (unpaired) electrons. The Hall–Kier alpha value is -1.25. The SMILES string of the molecule is CC.Cc1cnc(N(C)C)cc1N. The first-order chi connectivity index (χ1) is 6.11. The van der Waals surface area contributed by atoms with Crippen molar-refractivity contribution in [2.45, 2.75) is 20.8 Å². The van der Waals surface area contributed by atoms with E-state index in [9.17, 15) is 0 Å². The summed E-state index contributed by atoms with van der Waals surface area (Å²) in [5.41, 5.74) is 7.51. The zero-order valence-electron chi connectivity index (χ0n) is 9.13. The van der Waals surface area contributed by atoms with Crippen LogP contribution in [0.3, 0.4) is 0 Å². The van der Waals surface area contributed by atoms with Crippen LogP contribution >= 0.6 is 0 Å². The predicted octanol–water partition coefficient (Wildman–Crippen LogP) is 2.06. The molecule has 0 aliphatic heterocycles. The fourth-order valence-corrected chi connectivity index (χ4v) is 0.772. The number of aromatic nitrogens is 1. The van der Waals surface area contributed by atoms with Crippen LogP contribution in [0.4, 0.5) is 11.5 Å². The van der Waals surface area contributed by atoms with Crippen LogP contribution in [0, 0.1) is 6.92 Å². The molecular formula is C10H19N3. The second-order valence-corrected chi connectivity index (χ2v) is 2.79. The highest BCUT2D eigenvalue weighted by atomic mass is 15.1. The number of nitrogens with two attached hydrogens (primary N) is 1. The van der Waals surface area contributed by atoms with Gasteiger partial charge in [0.15, 0.2) is 0 Å². The normalized spacial score (nSPS) is 8.69. The highest BCUT2D eigenvalue weighted by Gasteiger charge is 1.98. The third-order valence-electron chi connectivity index (χ3n) is 1.59. The molecule has 3 nitrogen and oxygen atoms in total. The van der Waals surface area contributed by atoms with E-state index in [1.54, 1.807) is 6.20 Å². The van der Waals surface area contributed by atoms with Crippen LogP contribution in [-0.2, 0) is 0 Å². The smallest absolute Gasteiger partial charge is 0.130 e. The number of nitrogens with zero attached hydrogens (tertiary/aromatic N) is 2. The molecule has 0 aromatic carbocycles. The molecule has 0 saturated heterocycles. The van der Waals surface area contributed by atoms with Gasteiger partial charge in [0.2, 0.25) is 0 Å². The van der Waals surface area contributed by atoms with Gasteiger partial charge in [-0.2, -0.15) is 0 Å². The van der Waals surface area contributed by atoms with Crippen LogP contribution in [0.15, 0.2) is 12.3 Å². The Morgan fingerprint density at radius 2 is 1.85 bits per heavy atom. The fraction of sp³-hybridized carbons (Fsp3) is 0.500. The fourth-order valence-electron chi connectivity index (χ4n) is 0.772. The van der Waals surface area contributed by atoms with Crippen LogP contribution in [0.25, 0.3) is 0 Å². The highest BCUT2D eigenvalue weighted by Crippen LogP contribution is 2.14. The van der Waals surface area contributed by atoms with Crippen molar-refractivity contribution in [1.29, 1.82) is 0 Å². The van der Waals surface area contributed by atoms with Crippen LogP contribution in [0.1, 0.15) is 19.4 Å². The lowest BCUT2D eigenvalue weighted by Crippen LogP contribution is -2.11. The number of rotatable bonds is 1. The maximum atomic E-state index is 5.69. The summed E-state index contributed by atoms with van der Waals surface area (Å²) in [4.78, 5) is 6.11. The van der Waals surface area contributed by atoms with Crippen LogP contribution < -0.4 is 10.6 Å². The molecule has 0 bridgehead atoms. The summed E-state index contributed by atoms with van der Waals surface area (Å²) in [6.45, 7) is 5.95. The minimum atomic E-state index is 0.795. The molecule has 1 aromatic rings. The Balaban J connectivity index is 0.000000671. The average molecular weight is 181 g/mol. The maximum absolute atomic E-state index is 5.69. The summed E-state index contributed by atoms with van der Waals surface area (Å²) < 4.78 is 0. The highest BCUT2D eigenvalue weighted by molar-refractivity contribution is 5.53. The molecular weight excluding hydrogens is 162 g/mol. The van der Waals surface area contributed by atoms with Gasteiger partial charge in [0.1, 0.15) is 5.82 Å². The monoisotopic (exact) mass is 181 g/mol. The predicted molar refractivity (Wildman–Crippen MR) is 59.1 cm³/mol. The first-order valence-corrected chi connectivity index (χ1v) is 4.50. The van der Waals surface area contributed by atoms with Gasteiger partial charge in [0.05, 0.1) is 0 Å². The summed E-state index contributed by atoms with van der Waals surface area (Å²) in [5, 5.41) is 0. The minimum absolute atomic E-state index is 0.795. The van der Waals surface area contributed by atoms with E-state index in [0.717, 1.165) is 17.1 Å². The largest absolute Gasteiger partial charge is 0.398 e. The quantitative estimate of drug-likeness (QED) is 0.721. The van der Waals surface area contributed by atoms with E-state index < -0.39 is 0 Å². The lowest BCUT2D eigenvalue weighted by molar-refractivity contribution is 1.06. The van der Waals surface area contributed by atoms with Gasteiger partial charge in [-0.15, -0.1) is 0 Å². The molecule has 0 aliphatic rings. The number of aryl methyl sites for hydroxylation is 1. The Bertz CT molecular complexity index is 256. The molecule has 0 fully saturated rings. The number of hydrogen-bond acceptors (Lipinski definition) is 3. The maximum Gasteiger partial charge on any atom is 0.130 e. The van der Waals surface area contributed by atoms with Gasteiger partial charge in [-0.25, -0.2) is 4.98 Å². The third-order valence-corrected chi connectivity index (χ3v) is 1.59. The molecule has 13 heavy (non-hydrogen) atoms. The molecule has 0 aliphatic carbocycles. The lowest BCUT2D eigenvalue weighted by Gasteiger charge is -2.11. The lowest BCUT2D eigenvalue weighted by atomic mass is 10.2. The summed E-state index contributed by atoms with van der Waals surface area (Å²) in [7, 11) is 3.88. The number of anilines is 2. The van der Waals surface area contributed by atoms with Crippen molar-refractivity contribution in [1.82, 2.24) is 4.98 Å². The molecule has 0 spiro atoms. The summed E-state index contributed by atoms with van der Waals surface area (Å²) >= 11 is 0. The van der Waals surface area contributed by atoms with Crippen molar-refractivity contribution in [3.05, 3.63) is 17.8 Å². The van der Waals surface area contributed by atoms with Gasteiger partial charge in [0.25, 0.3) is 0 Å². The molecule has 1 aromatic heterocycles. The topological polar surface area (TPSA) is 42.2 Å². The van der Waals surface area contributed by atoms with E-state index in [-0.39, 0.29) is 0 Å². The van der Waals surface area contributed by atoms with Crippen LogP contribution in [0.2, 0.25) is 0 Å². The number of nitrogen functional groups attached to an aromatic ring is 1. The molecule has 0 unspecified atom stereocenters. The number of pyridine rings is 1. The van der Waals surface area contributed by atoms with Gasteiger partial charge >= 0.3 is 0 Å². The molecule has 0 atom stereocenters. The van der Waals surface area contributed by atoms with Crippen molar-refractivity contribution in [3.63, 3.8) is 0 Å². The second kappa shape index (κ2) is 5.41. The zero-order valence-corrected chi connectivity index (χ0v) is 9.13. The van der Waals surface area contributed by atoms with Crippen LogP contribution in [-0.4, -0.2) is 19.1 Å². The first-order valence-electron chi connectivity index (χ1n) is 4.50. The Labute approximate surface area is 80.6 Å². The Kier molecular flexibility index (Phi) is 4.89. The van der Waals surface area contributed by atoms with E-state index >= 15 is 0 Å². The zero-order chi connectivity index (χ0) is 10.4. The number of hydrogen-bond donors (Lipinski definition) is 1. The van der Waals surface area contributed by atoms with E-state index in [2.05, 4.69) is 4.98 Å². The Morgan fingerprint density at radius 1 is 1.31 bits per heavy atom. The Morgan fingerprint density at radius 3 is 2.23 bits per heavy atom. The summed E-state index contributed by atoms with van der Waals surface area (Å²) in [6, 6.07) is 1.87. The standard InChI is InChI=1S/C8H13N3.C2H6/c1-6-5-10-8(11(2)3)4-7(6)9;1-2/h4-5H,1-3H3,(H2,9,10);1-2H3. The second-order valence-electron chi connectivity index (χ2n) is 2.79. The van der Waals surface area contributed by atoms with Gasteiger partial charge < -0.3 is 10.6 Å². The van der Waals surface area contributed by atoms with Crippen LogP contribution in [0.5, 0.6) is 0 Å². The van der Waals surface area contributed by atoms with Crippen molar-refractivity contribution < 1.29 is 0 Å².